The number of amides is 1. The predicted octanol–water partition coefficient (Wildman–Crippen LogP) is 1.97. The first-order valence-electron chi connectivity index (χ1n) is 8.00. The Hall–Kier alpha value is -3.14. The van der Waals surface area contributed by atoms with Crippen molar-refractivity contribution in [2.24, 2.45) is 0 Å². The van der Waals surface area contributed by atoms with E-state index in [2.05, 4.69) is 20.6 Å². The number of nitrogens with one attached hydrogen (secondary N) is 3. The number of carbonyl (C=O) groups excluding carboxylic acids is 1. The molecule has 1 saturated carbocycles. The number of furan rings is 1. The normalized spacial score (nSPS) is 17.8. The van der Waals surface area contributed by atoms with Crippen LogP contribution in [0, 0.1) is 0 Å². The second kappa shape index (κ2) is 5.18. The molecular weight excluding hydrogens is 358 g/mol. The molecule has 0 saturated heterocycles. The number of carbonyl (C=O) groups is 1. The molecule has 1 aliphatic carbocycles. The number of aromatic nitrogens is 2. The molecule has 0 unspecified atom stereocenters. The van der Waals surface area contributed by atoms with Crippen LogP contribution in [0.5, 0.6) is 0 Å². The maximum atomic E-state index is 12.0. The Morgan fingerprint density at radius 1 is 1.19 bits per heavy atom. The Morgan fingerprint density at radius 2 is 2.04 bits per heavy atom. The van der Waals surface area contributed by atoms with Crippen LogP contribution in [0.15, 0.2) is 39.8 Å². The van der Waals surface area contributed by atoms with E-state index in [0.29, 0.717) is 34.6 Å². The van der Waals surface area contributed by atoms with Gasteiger partial charge in [0.25, 0.3) is 15.9 Å². The van der Waals surface area contributed by atoms with Crippen LogP contribution in [0.3, 0.4) is 0 Å². The minimum atomic E-state index is -3.82. The van der Waals surface area contributed by atoms with Crippen molar-refractivity contribution < 1.29 is 17.6 Å². The summed E-state index contributed by atoms with van der Waals surface area (Å²) in [6.45, 7) is 0. The molecule has 1 aromatic carbocycles. The number of fused-ring (bicyclic) bond motifs is 2. The van der Waals surface area contributed by atoms with Crippen molar-refractivity contribution in [1.29, 1.82) is 0 Å². The lowest BCUT2D eigenvalue weighted by atomic mass is 10.2. The summed E-state index contributed by atoms with van der Waals surface area (Å²) in [7, 11) is -3.82. The quantitative estimate of drug-likeness (QED) is 0.635. The van der Waals surface area contributed by atoms with Gasteiger partial charge in [-0.05, 0) is 31.0 Å². The Kier molecular flexibility index (Phi) is 3.02. The van der Waals surface area contributed by atoms with Crippen LogP contribution >= 0.6 is 0 Å². The van der Waals surface area contributed by atoms with E-state index in [1.54, 1.807) is 18.4 Å². The van der Waals surface area contributed by atoms with Crippen molar-refractivity contribution in [3.63, 3.8) is 0 Å². The first-order valence-corrected chi connectivity index (χ1v) is 9.48. The van der Waals surface area contributed by atoms with Gasteiger partial charge in [-0.25, -0.2) is 18.1 Å². The van der Waals surface area contributed by atoms with E-state index >= 15 is 0 Å². The van der Waals surface area contributed by atoms with Gasteiger partial charge in [0.15, 0.2) is 11.4 Å². The monoisotopic (exact) mass is 371 g/mol. The van der Waals surface area contributed by atoms with E-state index in [4.69, 9.17) is 4.42 Å². The standard InChI is InChI=1S/C16H13N5O4S/c22-15-10-4-3-9(7-12(10)26(23,24)21-15)18-16-19-11-5-6-25-13(11)14(20-16)17-8-1-2-8/h3-8H,1-2H2,(H,21,22)(H2,17,18,19,20). The molecule has 0 bridgehead atoms. The summed E-state index contributed by atoms with van der Waals surface area (Å²) >= 11 is 0. The summed E-state index contributed by atoms with van der Waals surface area (Å²) in [6.07, 6.45) is 3.71. The molecule has 3 heterocycles. The Balaban J connectivity index is 1.53. The lowest BCUT2D eigenvalue weighted by Crippen LogP contribution is -2.20. The van der Waals surface area contributed by atoms with E-state index in [-0.39, 0.29) is 10.5 Å². The molecule has 0 radical (unpaired) electrons. The fraction of sp³-hybridized carbons (Fsp3) is 0.188. The van der Waals surface area contributed by atoms with Gasteiger partial charge in [-0.2, -0.15) is 4.98 Å². The second-order valence-corrected chi connectivity index (χ2v) is 7.87. The fourth-order valence-electron chi connectivity index (χ4n) is 2.81. The largest absolute Gasteiger partial charge is 0.459 e. The summed E-state index contributed by atoms with van der Waals surface area (Å²) in [5, 5.41) is 6.29. The van der Waals surface area contributed by atoms with E-state index in [1.807, 2.05) is 4.72 Å². The number of sulfonamides is 1. The zero-order valence-corrected chi connectivity index (χ0v) is 14.1. The number of benzene rings is 1. The lowest BCUT2D eigenvalue weighted by Gasteiger charge is -2.09. The smallest absolute Gasteiger partial charge is 0.266 e. The average molecular weight is 371 g/mol. The van der Waals surface area contributed by atoms with E-state index in [9.17, 15) is 13.2 Å². The molecule has 3 aromatic rings. The molecule has 132 valence electrons. The van der Waals surface area contributed by atoms with Crippen molar-refractivity contribution in [2.75, 3.05) is 10.6 Å². The first-order chi connectivity index (χ1) is 12.5. The van der Waals surface area contributed by atoms with E-state index in [0.717, 1.165) is 12.8 Å². The molecular formula is C16H13N5O4S. The summed E-state index contributed by atoms with van der Waals surface area (Å²) in [5.74, 6) is 0.269. The molecule has 9 nitrogen and oxygen atoms in total. The van der Waals surface area contributed by atoms with Gasteiger partial charge >= 0.3 is 0 Å². The number of hydrogen-bond acceptors (Lipinski definition) is 8. The van der Waals surface area contributed by atoms with Crippen molar-refractivity contribution in [2.45, 2.75) is 23.8 Å². The van der Waals surface area contributed by atoms with Crippen LogP contribution in [0.1, 0.15) is 23.2 Å². The van der Waals surface area contributed by atoms with Gasteiger partial charge in [-0.15, -0.1) is 0 Å². The SMILES string of the molecule is O=C1NS(=O)(=O)c2cc(Nc3nc(NC4CC4)c4occc4n3)ccc21. The van der Waals surface area contributed by atoms with Crippen LogP contribution < -0.4 is 15.4 Å². The number of hydrogen-bond donors (Lipinski definition) is 3. The molecule has 2 aliphatic rings. The van der Waals surface area contributed by atoms with Gasteiger partial charge in [-0.1, -0.05) is 0 Å². The van der Waals surface area contributed by atoms with Crippen molar-refractivity contribution in [3.8, 4) is 0 Å². The molecule has 5 rings (SSSR count). The molecule has 0 spiro atoms. The molecule has 3 N–H and O–H groups in total. The van der Waals surface area contributed by atoms with E-state index in [1.165, 1.54) is 12.1 Å². The zero-order valence-electron chi connectivity index (χ0n) is 13.3. The second-order valence-electron chi connectivity index (χ2n) is 6.22. The molecule has 0 atom stereocenters. The minimum absolute atomic E-state index is 0.0618. The zero-order chi connectivity index (χ0) is 17.9. The third-order valence-electron chi connectivity index (χ3n) is 4.22. The number of rotatable bonds is 4. The number of anilines is 3. The maximum absolute atomic E-state index is 12.0. The molecule has 1 amide bonds. The van der Waals surface area contributed by atoms with Gasteiger partial charge in [0.1, 0.15) is 10.4 Å². The maximum Gasteiger partial charge on any atom is 0.266 e. The third-order valence-corrected chi connectivity index (χ3v) is 5.59. The van der Waals surface area contributed by atoms with Gasteiger partial charge in [0.05, 0.1) is 11.8 Å². The van der Waals surface area contributed by atoms with Crippen molar-refractivity contribution >= 4 is 44.5 Å². The third kappa shape index (κ3) is 2.46. The molecule has 1 fully saturated rings. The predicted molar refractivity (Wildman–Crippen MR) is 92.8 cm³/mol. The Labute approximate surface area is 147 Å². The molecule has 10 heteroatoms. The summed E-state index contributed by atoms with van der Waals surface area (Å²) in [4.78, 5) is 20.4. The first kappa shape index (κ1) is 15.1. The lowest BCUT2D eigenvalue weighted by molar-refractivity contribution is 0.0985. The summed E-state index contributed by atoms with van der Waals surface area (Å²) in [6, 6.07) is 6.57. The van der Waals surface area contributed by atoms with Crippen molar-refractivity contribution in [1.82, 2.24) is 14.7 Å². The van der Waals surface area contributed by atoms with Crippen LogP contribution in [0.25, 0.3) is 11.1 Å². The summed E-state index contributed by atoms with van der Waals surface area (Å²) < 4.78 is 31.4. The molecule has 26 heavy (non-hydrogen) atoms. The summed E-state index contributed by atoms with van der Waals surface area (Å²) in [5.41, 5.74) is 1.80. The van der Waals surface area contributed by atoms with Gasteiger partial charge < -0.3 is 15.1 Å². The van der Waals surface area contributed by atoms with Crippen LogP contribution in [-0.2, 0) is 10.0 Å². The average Bonchev–Trinajstić information content (AvgIpc) is 3.21. The minimum Gasteiger partial charge on any atom is -0.459 e. The topological polar surface area (TPSA) is 126 Å². The molecule has 2 aromatic heterocycles. The van der Waals surface area contributed by atoms with Crippen LogP contribution in [-0.4, -0.2) is 30.3 Å². The van der Waals surface area contributed by atoms with Gasteiger partial charge in [0.2, 0.25) is 5.95 Å². The highest BCUT2D eigenvalue weighted by molar-refractivity contribution is 7.90. The van der Waals surface area contributed by atoms with Crippen molar-refractivity contribution in [3.05, 3.63) is 36.1 Å². The van der Waals surface area contributed by atoms with Crippen LogP contribution in [0.2, 0.25) is 0 Å². The Morgan fingerprint density at radius 3 is 2.85 bits per heavy atom. The van der Waals surface area contributed by atoms with Crippen LogP contribution in [0.4, 0.5) is 17.5 Å². The number of nitrogens with zero attached hydrogens (tertiary/aromatic N) is 2. The van der Waals surface area contributed by atoms with Gasteiger partial charge in [0, 0.05) is 17.8 Å². The highest BCUT2D eigenvalue weighted by Gasteiger charge is 2.32. The highest BCUT2D eigenvalue weighted by Crippen LogP contribution is 2.31. The van der Waals surface area contributed by atoms with Gasteiger partial charge in [-0.3, -0.25) is 4.79 Å². The highest BCUT2D eigenvalue weighted by atomic mass is 32.2. The Bertz CT molecular complexity index is 1170. The fourth-order valence-corrected chi connectivity index (χ4v) is 4.01. The van der Waals surface area contributed by atoms with E-state index < -0.39 is 15.9 Å². The molecule has 1 aliphatic heterocycles.